The summed E-state index contributed by atoms with van der Waals surface area (Å²) in [6, 6.07) is 3.07. The van der Waals surface area contributed by atoms with Crippen molar-refractivity contribution in [1.29, 1.82) is 0 Å². The van der Waals surface area contributed by atoms with Gasteiger partial charge in [-0.3, -0.25) is 0 Å². The van der Waals surface area contributed by atoms with E-state index in [0.717, 1.165) is 5.56 Å². The molecule has 4 heteroatoms. The molecule has 4 nitrogen and oxygen atoms in total. The summed E-state index contributed by atoms with van der Waals surface area (Å²) in [5.41, 5.74) is 1.08. The van der Waals surface area contributed by atoms with Crippen molar-refractivity contribution in [2.24, 2.45) is 0 Å². The second kappa shape index (κ2) is 4.41. The number of pyridine rings is 1. The van der Waals surface area contributed by atoms with Gasteiger partial charge in [0.05, 0.1) is 0 Å². The van der Waals surface area contributed by atoms with Crippen LogP contribution in [0, 0.1) is 0 Å². The lowest BCUT2D eigenvalue weighted by Gasteiger charge is -2.03. The van der Waals surface area contributed by atoms with Gasteiger partial charge in [0.15, 0.2) is 0 Å². The highest BCUT2D eigenvalue weighted by Crippen LogP contribution is 2.06. The Labute approximate surface area is 81.9 Å². The number of nitrogens with zero attached hydrogens (tertiary/aromatic N) is 1. The number of aromatic hydroxyl groups is 1. The van der Waals surface area contributed by atoms with Gasteiger partial charge in [-0.05, 0) is 13.0 Å². The van der Waals surface area contributed by atoms with E-state index in [1.165, 1.54) is 12.3 Å². The Balaban J connectivity index is 2.50. The molecule has 0 aromatic carbocycles. The van der Waals surface area contributed by atoms with Crippen molar-refractivity contribution in [1.82, 2.24) is 4.98 Å². The van der Waals surface area contributed by atoms with E-state index in [2.05, 4.69) is 11.6 Å². The Morgan fingerprint density at radius 1 is 1.64 bits per heavy atom. The smallest absolute Gasteiger partial charge is 0.333 e. The van der Waals surface area contributed by atoms with Gasteiger partial charge in [0.2, 0.25) is 5.88 Å². The van der Waals surface area contributed by atoms with Crippen LogP contribution in [0.25, 0.3) is 0 Å². The van der Waals surface area contributed by atoms with Gasteiger partial charge in [0.1, 0.15) is 6.61 Å². The fourth-order valence-corrected chi connectivity index (χ4v) is 0.774. The maximum Gasteiger partial charge on any atom is 0.333 e. The number of hydrogen-bond donors (Lipinski definition) is 1. The van der Waals surface area contributed by atoms with E-state index < -0.39 is 5.97 Å². The fourth-order valence-electron chi connectivity index (χ4n) is 0.774. The molecule has 0 aliphatic carbocycles. The molecule has 1 aromatic rings. The minimum absolute atomic E-state index is 0.0556. The van der Waals surface area contributed by atoms with Crippen molar-refractivity contribution in [3.8, 4) is 5.88 Å². The minimum atomic E-state index is -0.432. The molecule has 0 spiro atoms. The molecule has 1 heterocycles. The first-order valence-corrected chi connectivity index (χ1v) is 4.06. The van der Waals surface area contributed by atoms with Gasteiger partial charge in [-0.2, -0.15) is 0 Å². The normalized spacial score (nSPS) is 9.50. The number of aromatic nitrogens is 1. The number of esters is 1. The maximum atomic E-state index is 11.0. The molecule has 74 valence electrons. The molecule has 0 aliphatic rings. The number of rotatable bonds is 3. The lowest BCUT2D eigenvalue weighted by Crippen LogP contribution is -2.04. The molecule has 0 saturated heterocycles. The van der Waals surface area contributed by atoms with Crippen molar-refractivity contribution in [3.05, 3.63) is 36.0 Å². The third kappa shape index (κ3) is 2.90. The Bertz CT molecular complexity index is 343. The van der Waals surface area contributed by atoms with E-state index in [4.69, 9.17) is 9.84 Å². The largest absolute Gasteiger partial charge is 0.493 e. The van der Waals surface area contributed by atoms with Crippen molar-refractivity contribution in [3.63, 3.8) is 0 Å². The summed E-state index contributed by atoms with van der Waals surface area (Å²) in [5.74, 6) is -0.488. The SMILES string of the molecule is C=C(C)C(=O)OCc1ccc(O)nc1. The molecular formula is C10H11NO3. The third-order valence-corrected chi connectivity index (χ3v) is 1.53. The molecule has 0 saturated carbocycles. The Morgan fingerprint density at radius 2 is 2.36 bits per heavy atom. The molecular weight excluding hydrogens is 182 g/mol. The molecule has 0 aliphatic heterocycles. The van der Waals surface area contributed by atoms with Crippen LogP contribution in [0.15, 0.2) is 30.5 Å². The van der Waals surface area contributed by atoms with E-state index in [9.17, 15) is 4.79 Å². The van der Waals surface area contributed by atoms with Crippen molar-refractivity contribution < 1.29 is 14.6 Å². The van der Waals surface area contributed by atoms with Crippen LogP contribution in [0.2, 0.25) is 0 Å². The van der Waals surface area contributed by atoms with Gasteiger partial charge in [-0.25, -0.2) is 9.78 Å². The van der Waals surface area contributed by atoms with Crippen LogP contribution in [-0.4, -0.2) is 16.1 Å². The quantitative estimate of drug-likeness (QED) is 0.582. The van der Waals surface area contributed by atoms with Crippen LogP contribution in [0.3, 0.4) is 0 Å². The third-order valence-electron chi connectivity index (χ3n) is 1.53. The number of carbonyl (C=O) groups excluding carboxylic acids is 1. The summed E-state index contributed by atoms with van der Waals surface area (Å²) in [4.78, 5) is 14.6. The molecule has 0 fully saturated rings. The lowest BCUT2D eigenvalue weighted by atomic mass is 10.3. The summed E-state index contributed by atoms with van der Waals surface area (Å²) in [6.07, 6.45) is 1.45. The molecule has 14 heavy (non-hydrogen) atoms. The van der Waals surface area contributed by atoms with Crippen LogP contribution >= 0.6 is 0 Å². The summed E-state index contributed by atoms with van der Waals surface area (Å²) in [7, 11) is 0. The van der Waals surface area contributed by atoms with Gasteiger partial charge in [0.25, 0.3) is 0 Å². The topological polar surface area (TPSA) is 59.4 Å². The molecule has 0 radical (unpaired) electrons. The van der Waals surface area contributed by atoms with Gasteiger partial charge < -0.3 is 9.84 Å². The van der Waals surface area contributed by atoms with Crippen LogP contribution in [0.4, 0.5) is 0 Å². The van der Waals surface area contributed by atoms with E-state index in [1.807, 2.05) is 0 Å². The van der Waals surface area contributed by atoms with Crippen LogP contribution in [0.1, 0.15) is 12.5 Å². The summed E-state index contributed by atoms with van der Waals surface area (Å²) >= 11 is 0. The molecule has 0 bridgehead atoms. The zero-order valence-electron chi connectivity index (χ0n) is 7.86. The zero-order valence-corrected chi connectivity index (χ0v) is 7.86. The monoisotopic (exact) mass is 193 g/mol. The van der Waals surface area contributed by atoms with E-state index in [0.29, 0.717) is 5.57 Å². The highest BCUT2D eigenvalue weighted by atomic mass is 16.5. The van der Waals surface area contributed by atoms with Gasteiger partial charge in [-0.15, -0.1) is 0 Å². The highest BCUT2D eigenvalue weighted by molar-refractivity contribution is 5.86. The van der Waals surface area contributed by atoms with Gasteiger partial charge in [0, 0.05) is 23.4 Å². The minimum Gasteiger partial charge on any atom is -0.493 e. The van der Waals surface area contributed by atoms with Gasteiger partial charge in [-0.1, -0.05) is 6.58 Å². The lowest BCUT2D eigenvalue weighted by molar-refractivity contribution is -0.140. The molecule has 1 N–H and O–H groups in total. The molecule has 0 amide bonds. The van der Waals surface area contributed by atoms with Crippen molar-refractivity contribution >= 4 is 5.97 Å². The number of ether oxygens (including phenoxy) is 1. The summed E-state index contributed by atoms with van der Waals surface area (Å²) < 4.78 is 4.87. The van der Waals surface area contributed by atoms with Gasteiger partial charge >= 0.3 is 5.97 Å². The van der Waals surface area contributed by atoms with E-state index in [-0.39, 0.29) is 12.5 Å². The Morgan fingerprint density at radius 3 is 2.86 bits per heavy atom. The number of hydrogen-bond acceptors (Lipinski definition) is 4. The summed E-state index contributed by atoms with van der Waals surface area (Å²) in [5, 5.41) is 8.89. The second-order valence-corrected chi connectivity index (χ2v) is 2.88. The average Bonchev–Trinajstić information content (AvgIpc) is 2.16. The van der Waals surface area contributed by atoms with Crippen LogP contribution in [0.5, 0.6) is 5.88 Å². The number of carbonyl (C=O) groups is 1. The fraction of sp³-hybridized carbons (Fsp3) is 0.200. The van der Waals surface area contributed by atoms with E-state index >= 15 is 0 Å². The zero-order chi connectivity index (χ0) is 10.6. The maximum absolute atomic E-state index is 11.0. The first-order chi connectivity index (χ1) is 6.59. The van der Waals surface area contributed by atoms with E-state index in [1.54, 1.807) is 13.0 Å². The Hall–Kier alpha value is -1.84. The predicted molar refractivity (Wildman–Crippen MR) is 50.5 cm³/mol. The highest BCUT2D eigenvalue weighted by Gasteiger charge is 2.03. The first-order valence-electron chi connectivity index (χ1n) is 4.06. The van der Waals surface area contributed by atoms with Crippen molar-refractivity contribution in [2.75, 3.05) is 0 Å². The molecule has 0 unspecified atom stereocenters. The van der Waals surface area contributed by atoms with Crippen molar-refractivity contribution in [2.45, 2.75) is 13.5 Å². The van der Waals surface area contributed by atoms with Crippen LogP contribution < -0.4 is 0 Å². The van der Waals surface area contributed by atoms with Crippen LogP contribution in [-0.2, 0) is 16.1 Å². The predicted octanol–water partition coefficient (Wildman–Crippen LogP) is 1.41. The average molecular weight is 193 g/mol. The first kappa shape index (κ1) is 10.2. The molecule has 1 aromatic heterocycles. The molecule has 0 atom stereocenters. The molecule has 1 rings (SSSR count). The summed E-state index contributed by atoms with van der Waals surface area (Å²) in [6.45, 7) is 5.17. The standard InChI is InChI=1S/C10H11NO3/c1-7(2)10(13)14-6-8-3-4-9(12)11-5-8/h3-5H,1,6H2,2H3,(H,11,12). The Kier molecular flexibility index (Phi) is 3.23. The second-order valence-electron chi connectivity index (χ2n) is 2.88.